The molecule has 0 bridgehead atoms. The monoisotopic (exact) mass is 239 g/mol. The van der Waals surface area contributed by atoms with Crippen LogP contribution in [0.2, 0.25) is 0 Å². The first-order chi connectivity index (χ1) is 7.84. The van der Waals surface area contributed by atoms with E-state index >= 15 is 0 Å². The Morgan fingerprint density at radius 3 is 2.18 bits per heavy atom. The van der Waals surface area contributed by atoms with E-state index in [-0.39, 0.29) is 0 Å². The van der Waals surface area contributed by atoms with Crippen molar-refractivity contribution in [2.45, 2.75) is 60.8 Å². The summed E-state index contributed by atoms with van der Waals surface area (Å²) < 4.78 is 0. The van der Waals surface area contributed by atoms with Crippen LogP contribution in [0.15, 0.2) is 0 Å². The van der Waals surface area contributed by atoms with E-state index in [9.17, 15) is 0 Å². The largest absolute Gasteiger partial charge is 0.303 e. The van der Waals surface area contributed by atoms with Gasteiger partial charge in [-0.05, 0) is 42.6 Å². The molecule has 0 spiro atoms. The molecule has 1 fully saturated rings. The number of rotatable bonds is 6. The minimum Gasteiger partial charge on any atom is -0.303 e. The Morgan fingerprint density at radius 1 is 1.18 bits per heavy atom. The number of likely N-dealkylation sites (tertiary alicyclic amines) is 1. The molecule has 0 aromatic heterocycles. The first-order valence-corrected chi connectivity index (χ1v) is 7.57. The van der Waals surface area contributed by atoms with Crippen molar-refractivity contribution in [1.82, 2.24) is 4.90 Å². The van der Waals surface area contributed by atoms with Crippen LogP contribution in [-0.2, 0) is 0 Å². The lowest BCUT2D eigenvalue weighted by Crippen LogP contribution is -2.52. The van der Waals surface area contributed by atoms with E-state index in [1.54, 1.807) is 0 Å². The average Bonchev–Trinajstić information content (AvgIpc) is 2.11. The molecule has 0 radical (unpaired) electrons. The molecule has 1 saturated heterocycles. The summed E-state index contributed by atoms with van der Waals surface area (Å²) in [4.78, 5) is 2.64. The topological polar surface area (TPSA) is 3.24 Å². The highest BCUT2D eigenvalue weighted by Gasteiger charge is 2.35. The minimum absolute atomic E-state index is 0.514. The van der Waals surface area contributed by atoms with Crippen molar-refractivity contribution in [3.8, 4) is 0 Å². The van der Waals surface area contributed by atoms with Gasteiger partial charge in [0, 0.05) is 13.1 Å². The van der Waals surface area contributed by atoms with Gasteiger partial charge in [0.15, 0.2) is 0 Å². The molecule has 17 heavy (non-hydrogen) atoms. The molecule has 1 atom stereocenters. The zero-order chi connectivity index (χ0) is 13.1. The van der Waals surface area contributed by atoms with Gasteiger partial charge in [-0.2, -0.15) is 0 Å². The summed E-state index contributed by atoms with van der Waals surface area (Å²) in [5.74, 6) is 2.72. The van der Waals surface area contributed by atoms with Crippen molar-refractivity contribution in [3.63, 3.8) is 0 Å². The number of hydrogen-bond donors (Lipinski definition) is 0. The third kappa shape index (κ3) is 4.62. The summed E-state index contributed by atoms with van der Waals surface area (Å²) in [5, 5.41) is 0. The maximum Gasteiger partial charge on any atom is 0.00270 e. The van der Waals surface area contributed by atoms with E-state index in [2.05, 4.69) is 46.4 Å². The third-order valence-electron chi connectivity index (χ3n) is 4.70. The standard InChI is InChI=1S/C16H33N/c1-7-14(13(2)3)9-8-10-17-11-15(12-17)16(4,5)6/h13-15H,7-12H2,1-6H3. The molecule has 0 aromatic rings. The van der Waals surface area contributed by atoms with E-state index in [0.717, 1.165) is 17.8 Å². The molecule has 0 saturated carbocycles. The molecule has 0 aliphatic carbocycles. The zero-order valence-electron chi connectivity index (χ0n) is 12.9. The van der Waals surface area contributed by atoms with Crippen molar-refractivity contribution in [3.05, 3.63) is 0 Å². The molecule has 1 nitrogen and oxygen atoms in total. The average molecular weight is 239 g/mol. The first kappa shape index (κ1) is 15.0. The number of hydrogen-bond acceptors (Lipinski definition) is 1. The van der Waals surface area contributed by atoms with E-state index in [1.807, 2.05) is 0 Å². The summed E-state index contributed by atoms with van der Waals surface area (Å²) in [6.07, 6.45) is 4.17. The zero-order valence-corrected chi connectivity index (χ0v) is 12.9. The van der Waals surface area contributed by atoms with E-state index in [0.29, 0.717) is 5.41 Å². The summed E-state index contributed by atoms with van der Waals surface area (Å²) >= 11 is 0. The Morgan fingerprint density at radius 2 is 1.76 bits per heavy atom. The van der Waals surface area contributed by atoms with E-state index < -0.39 is 0 Å². The maximum absolute atomic E-state index is 2.64. The van der Waals surface area contributed by atoms with Gasteiger partial charge < -0.3 is 4.90 Å². The summed E-state index contributed by atoms with van der Waals surface area (Å²) in [6, 6.07) is 0. The summed E-state index contributed by atoms with van der Waals surface area (Å²) in [5.41, 5.74) is 0.514. The van der Waals surface area contributed by atoms with Gasteiger partial charge in [0.25, 0.3) is 0 Å². The normalized spacial score (nSPS) is 20.6. The Hall–Kier alpha value is -0.0400. The van der Waals surface area contributed by atoms with Crippen LogP contribution in [0.1, 0.15) is 60.8 Å². The fourth-order valence-corrected chi connectivity index (χ4v) is 2.89. The Kier molecular flexibility index (Phi) is 5.50. The Labute approximate surface area is 109 Å². The van der Waals surface area contributed by atoms with Crippen molar-refractivity contribution >= 4 is 0 Å². The van der Waals surface area contributed by atoms with Gasteiger partial charge in [0.2, 0.25) is 0 Å². The Bertz CT molecular complexity index is 208. The van der Waals surface area contributed by atoms with Gasteiger partial charge >= 0.3 is 0 Å². The van der Waals surface area contributed by atoms with Crippen LogP contribution in [0.25, 0.3) is 0 Å². The van der Waals surface area contributed by atoms with Gasteiger partial charge in [-0.1, -0.05) is 48.0 Å². The van der Waals surface area contributed by atoms with Crippen LogP contribution in [-0.4, -0.2) is 24.5 Å². The van der Waals surface area contributed by atoms with Crippen molar-refractivity contribution < 1.29 is 0 Å². The van der Waals surface area contributed by atoms with Gasteiger partial charge in [-0.3, -0.25) is 0 Å². The maximum atomic E-state index is 2.64. The molecule has 1 aliphatic rings. The second-order valence-corrected chi connectivity index (χ2v) is 7.38. The highest BCUT2D eigenvalue weighted by molar-refractivity contribution is 4.87. The van der Waals surface area contributed by atoms with Crippen LogP contribution in [0.4, 0.5) is 0 Å². The predicted molar refractivity (Wildman–Crippen MR) is 77.2 cm³/mol. The van der Waals surface area contributed by atoms with Crippen LogP contribution in [0.5, 0.6) is 0 Å². The molecule has 0 aromatic carbocycles. The second kappa shape index (κ2) is 6.22. The minimum atomic E-state index is 0.514. The highest BCUT2D eigenvalue weighted by atomic mass is 15.2. The molecule has 1 heteroatoms. The van der Waals surface area contributed by atoms with Crippen LogP contribution >= 0.6 is 0 Å². The van der Waals surface area contributed by atoms with E-state index in [4.69, 9.17) is 0 Å². The Balaban J connectivity index is 2.10. The SMILES string of the molecule is CCC(CCCN1CC(C(C)(C)C)C1)C(C)C. The quantitative estimate of drug-likeness (QED) is 0.663. The fourth-order valence-electron chi connectivity index (χ4n) is 2.89. The molecule has 0 N–H and O–H groups in total. The van der Waals surface area contributed by atoms with Crippen molar-refractivity contribution in [2.24, 2.45) is 23.2 Å². The number of nitrogens with zero attached hydrogens (tertiary/aromatic N) is 1. The molecule has 1 heterocycles. The summed E-state index contributed by atoms with van der Waals surface area (Å²) in [7, 11) is 0. The lowest BCUT2D eigenvalue weighted by Gasteiger charge is -2.46. The molecular weight excluding hydrogens is 206 g/mol. The smallest absolute Gasteiger partial charge is 0.00270 e. The molecule has 0 amide bonds. The lowest BCUT2D eigenvalue weighted by atomic mass is 9.76. The predicted octanol–water partition coefficient (Wildman–Crippen LogP) is 4.43. The van der Waals surface area contributed by atoms with Gasteiger partial charge in [0.05, 0.1) is 0 Å². The second-order valence-electron chi connectivity index (χ2n) is 7.38. The van der Waals surface area contributed by atoms with Gasteiger partial charge in [-0.15, -0.1) is 0 Å². The molecule has 102 valence electrons. The van der Waals surface area contributed by atoms with Crippen molar-refractivity contribution in [1.29, 1.82) is 0 Å². The fraction of sp³-hybridized carbons (Fsp3) is 1.00. The summed E-state index contributed by atoms with van der Waals surface area (Å²) in [6.45, 7) is 18.2. The lowest BCUT2D eigenvalue weighted by molar-refractivity contribution is 0.0227. The molecular formula is C16H33N. The molecule has 1 rings (SSSR count). The van der Waals surface area contributed by atoms with E-state index in [1.165, 1.54) is 38.9 Å². The van der Waals surface area contributed by atoms with Crippen molar-refractivity contribution in [2.75, 3.05) is 19.6 Å². The van der Waals surface area contributed by atoms with Crippen LogP contribution < -0.4 is 0 Å². The van der Waals surface area contributed by atoms with Gasteiger partial charge in [0.1, 0.15) is 0 Å². The van der Waals surface area contributed by atoms with Crippen LogP contribution in [0.3, 0.4) is 0 Å². The first-order valence-electron chi connectivity index (χ1n) is 7.57. The highest BCUT2D eigenvalue weighted by Crippen LogP contribution is 2.33. The molecule has 1 unspecified atom stereocenters. The van der Waals surface area contributed by atoms with Gasteiger partial charge in [-0.25, -0.2) is 0 Å². The third-order valence-corrected chi connectivity index (χ3v) is 4.70. The molecule has 1 aliphatic heterocycles. The van der Waals surface area contributed by atoms with Crippen LogP contribution in [0, 0.1) is 23.2 Å².